The zero-order valence-corrected chi connectivity index (χ0v) is 9.89. The maximum absolute atomic E-state index is 11.3. The third kappa shape index (κ3) is 3.87. The highest BCUT2D eigenvalue weighted by molar-refractivity contribution is 5.87. The fourth-order valence-electron chi connectivity index (χ4n) is 1.48. The molecule has 1 N–H and O–H groups in total. The zero-order chi connectivity index (χ0) is 12.1. The molecule has 3 heteroatoms. The lowest BCUT2D eigenvalue weighted by molar-refractivity contribution is -0.122. The van der Waals surface area contributed by atoms with Crippen molar-refractivity contribution in [2.75, 3.05) is 0 Å². The number of rotatable bonds is 4. The number of benzene rings is 1. The zero-order valence-electron chi connectivity index (χ0n) is 9.89. The van der Waals surface area contributed by atoms with Crippen molar-refractivity contribution in [3.05, 3.63) is 41.5 Å². The van der Waals surface area contributed by atoms with E-state index in [1.807, 2.05) is 43.3 Å². The number of carbonyl (C=O) groups excluding carboxylic acids is 1. The Kier molecular flexibility index (Phi) is 3.70. The molecule has 1 fully saturated rings. The number of hydrazone groups is 1. The van der Waals surface area contributed by atoms with Gasteiger partial charge in [-0.05, 0) is 30.9 Å². The van der Waals surface area contributed by atoms with Crippen LogP contribution in [0.2, 0.25) is 0 Å². The number of hydrogen-bond donors (Lipinski definition) is 1. The minimum atomic E-state index is 0.0359. The predicted molar refractivity (Wildman–Crippen MR) is 69.5 cm³/mol. The van der Waals surface area contributed by atoms with Gasteiger partial charge in [-0.3, -0.25) is 4.79 Å². The van der Waals surface area contributed by atoms with Crippen LogP contribution in [0, 0.1) is 5.92 Å². The molecule has 1 amide bonds. The van der Waals surface area contributed by atoms with Crippen LogP contribution < -0.4 is 5.43 Å². The molecular formula is C14H16N2O. The molecular weight excluding hydrogens is 212 g/mol. The summed E-state index contributed by atoms with van der Waals surface area (Å²) in [5.74, 6) is 0.235. The molecule has 2 rings (SSSR count). The van der Waals surface area contributed by atoms with Crippen molar-refractivity contribution in [2.24, 2.45) is 11.0 Å². The Balaban J connectivity index is 1.87. The van der Waals surface area contributed by atoms with Gasteiger partial charge in [0.15, 0.2) is 0 Å². The van der Waals surface area contributed by atoms with Crippen LogP contribution in [0.3, 0.4) is 0 Å². The van der Waals surface area contributed by atoms with Crippen molar-refractivity contribution in [2.45, 2.75) is 19.8 Å². The Morgan fingerprint density at radius 3 is 2.71 bits per heavy atom. The quantitative estimate of drug-likeness (QED) is 0.624. The van der Waals surface area contributed by atoms with Crippen LogP contribution in [-0.2, 0) is 4.79 Å². The van der Waals surface area contributed by atoms with E-state index in [2.05, 4.69) is 10.5 Å². The number of allylic oxidation sites excluding steroid dienone is 1. The first-order chi connectivity index (χ1) is 8.25. The lowest BCUT2D eigenvalue weighted by Gasteiger charge is -1.96. The van der Waals surface area contributed by atoms with E-state index in [0.29, 0.717) is 0 Å². The van der Waals surface area contributed by atoms with Crippen LogP contribution in [0.25, 0.3) is 6.08 Å². The van der Waals surface area contributed by atoms with Gasteiger partial charge in [-0.1, -0.05) is 36.4 Å². The van der Waals surface area contributed by atoms with E-state index in [1.165, 1.54) is 0 Å². The Morgan fingerprint density at radius 2 is 2.06 bits per heavy atom. The Hall–Kier alpha value is -1.90. The van der Waals surface area contributed by atoms with Gasteiger partial charge in [-0.2, -0.15) is 5.10 Å². The molecule has 0 heterocycles. The van der Waals surface area contributed by atoms with Crippen LogP contribution in [0.15, 0.2) is 41.0 Å². The van der Waals surface area contributed by atoms with Gasteiger partial charge in [-0.15, -0.1) is 0 Å². The third-order valence-electron chi connectivity index (χ3n) is 2.58. The van der Waals surface area contributed by atoms with E-state index in [0.717, 1.165) is 24.0 Å². The number of nitrogens with one attached hydrogen (secondary N) is 1. The van der Waals surface area contributed by atoms with Crippen molar-refractivity contribution < 1.29 is 4.79 Å². The van der Waals surface area contributed by atoms with Crippen molar-refractivity contribution in [3.8, 4) is 0 Å². The van der Waals surface area contributed by atoms with Gasteiger partial charge < -0.3 is 0 Å². The molecule has 0 aromatic heterocycles. The molecule has 0 atom stereocenters. The Labute approximate surface area is 101 Å². The molecule has 0 aliphatic heterocycles. The molecule has 3 nitrogen and oxygen atoms in total. The van der Waals surface area contributed by atoms with Crippen LogP contribution >= 0.6 is 0 Å². The second-order valence-electron chi connectivity index (χ2n) is 4.31. The molecule has 0 radical (unpaired) electrons. The van der Waals surface area contributed by atoms with Crippen LogP contribution in [0.4, 0.5) is 0 Å². The normalized spacial score (nSPS) is 16.2. The first kappa shape index (κ1) is 11.6. The van der Waals surface area contributed by atoms with E-state index in [1.54, 1.807) is 6.21 Å². The summed E-state index contributed by atoms with van der Waals surface area (Å²) in [5.41, 5.74) is 4.69. The minimum Gasteiger partial charge on any atom is -0.273 e. The molecule has 0 unspecified atom stereocenters. The third-order valence-corrected chi connectivity index (χ3v) is 2.58. The molecule has 1 aliphatic rings. The van der Waals surface area contributed by atoms with E-state index >= 15 is 0 Å². The molecule has 0 bridgehead atoms. The average Bonchev–Trinajstić information content (AvgIpc) is 3.14. The summed E-state index contributed by atoms with van der Waals surface area (Å²) in [4.78, 5) is 11.3. The molecule has 1 saturated carbocycles. The Bertz CT molecular complexity index is 445. The number of carbonyl (C=O) groups is 1. The highest BCUT2D eigenvalue weighted by Gasteiger charge is 2.29. The smallest absolute Gasteiger partial charge is 0.243 e. The topological polar surface area (TPSA) is 41.5 Å². The molecule has 1 aromatic carbocycles. The maximum atomic E-state index is 11.3. The molecule has 88 valence electrons. The lowest BCUT2D eigenvalue weighted by Crippen LogP contribution is -2.18. The predicted octanol–water partition coefficient (Wildman–Crippen LogP) is 2.60. The highest BCUT2D eigenvalue weighted by atomic mass is 16.2. The van der Waals surface area contributed by atoms with Gasteiger partial charge in [0.1, 0.15) is 0 Å². The second kappa shape index (κ2) is 5.43. The highest BCUT2D eigenvalue weighted by Crippen LogP contribution is 2.28. The van der Waals surface area contributed by atoms with E-state index in [4.69, 9.17) is 0 Å². The number of amides is 1. The first-order valence-corrected chi connectivity index (χ1v) is 5.82. The largest absolute Gasteiger partial charge is 0.273 e. The molecule has 0 spiro atoms. The maximum Gasteiger partial charge on any atom is 0.243 e. The van der Waals surface area contributed by atoms with Gasteiger partial charge in [0.25, 0.3) is 0 Å². The van der Waals surface area contributed by atoms with Crippen molar-refractivity contribution in [3.63, 3.8) is 0 Å². The standard InChI is InChI=1S/C14H16N2O/c1-11(9-12-5-3-2-4-6-12)10-15-16-14(17)13-7-8-13/h2-6,9-10,13H,7-8H2,1H3,(H,16,17)/b11-9-,15-10-. The summed E-state index contributed by atoms with van der Waals surface area (Å²) in [7, 11) is 0. The fourth-order valence-corrected chi connectivity index (χ4v) is 1.48. The number of hydrogen-bond acceptors (Lipinski definition) is 2. The molecule has 0 saturated heterocycles. The number of nitrogens with zero attached hydrogens (tertiary/aromatic N) is 1. The van der Waals surface area contributed by atoms with Gasteiger partial charge in [0.05, 0.1) is 6.21 Å². The SMILES string of the molecule is CC(/C=N\NC(=O)C1CC1)=C/c1ccccc1. The van der Waals surface area contributed by atoms with Crippen LogP contribution in [-0.4, -0.2) is 12.1 Å². The summed E-state index contributed by atoms with van der Waals surface area (Å²) in [6, 6.07) is 10.0. The lowest BCUT2D eigenvalue weighted by atomic mass is 10.1. The first-order valence-electron chi connectivity index (χ1n) is 5.82. The fraction of sp³-hybridized carbons (Fsp3) is 0.286. The van der Waals surface area contributed by atoms with Crippen LogP contribution in [0.5, 0.6) is 0 Å². The van der Waals surface area contributed by atoms with E-state index < -0.39 is 0 Å². The molecule has 17 heavy (non-hydrogen) atoms. The Morgan fingerprint density at radius 1 is 1.35 bits per heavy atom. The average molecular weight is 228 g/mol. The summed E-state index contributed by atoms with van der Waals surface area (Å²) in [6.45, 7) is 1.96. The summed E-state index contributed by atoms with van der Waals surface area (Å²) >= 11 is 0. The summed E-state index contributed by atoms with van der Waals surface area (Å²) in [5, 5.41) is 3.94. The molecule has 1 aliphatic carbocycles. The van der Waals surface area contributed by atoms with Gasteiger partial charge >= 0.3 is 0 Å². The van der Waals surface area contributed by atoms with Crippen molar-refractivity contribution >= 4 is 18.2 Å². The van der Waals surface area contributed by atoms with E-state index in [-0.39, 0.29) is 11.8 Å². The van der Waals surface area contributed by atoms with Crippen molar-refractivity contribution in [1.82, 2.24) is 5.43 Å². The monoisotopic (exact) mass is 228 g/mol. The minimum absolute atomic E-state index is 0.0359. The summed E-state index contributed by atoms with van der Waals surface area (Å²) < 4.78 is 0. The van der Waals surface area contributed by atoms with Gasteiger partial charge in [0.2, 0.25) is 5.91 Å². The van der Waals surface area contributed by atoms with Gasteiger partial charge in [0, 0.05) is 5.92 Å². The summed E-state index contributed by atoms with van der Waals surface area (Å²) in [6.07, 6.45) is 5.69. The van der Waals surface area contributed by atoms with Crippen LogP contribution in [0.1, 0.15) is 25.3 Å². The van der Waals surface area contributed by atoms with E-state index in [9.17, 15) is 4.79 Å². The second-order valence-corrected chi connectivity index (χ2v) is 4.31. The van der Waals surface area contributed by atoms with Crippen molar-refractivity contribution in [1.29, 1.82) is 0 Å². The van der Waals surface area contributed by atoms with Gasteiger partial charge in [-0.25, -0.2) is 5.43 Å². The molecule has 1 aromatic rings.